The van der Waals surface area contributed by atoms with Crippen LogP contribution in [0.1, 0.15) is 24.5 Å². The first kappa shape index (κ1) is 27.5. The number of rotatable bonds is 7. The predicted molar refractivity (Wildman–Crippen MR) is 132 cm³/mol. The average Bonchev–Trinajstić information content (AvgIpc) is 3.02. The average molecular weight is 602 g/mol. The summed E-state index contributed by atoms with van der Waals surface area (Å²) in [5.41, 5.74) is -0.309. The van der Waals surface area contributed by atoms with E-state index in [4.69, 9.17) is 9.47 Å². The molecule has 0 aromatic carbocycles. The molecule has 2 aliphatic rings. The van der Waals surface area contributed by atoms with Gasteiger partial charge in [0.15, 0.2) is 0 Å². The Balaban J connectivity index is 1.28. The molecule has 2 aromatic heterocycles. The Hall–Kier alpha value is -2.49. The number of H-pyrrole nitrogens is 1. The molecule has 3 radical (unpaired) electrons. The van der Waals surface area contributed by atoms with Gasteiger partial charge >= 0.3 is 6.18 Å². The molecule has 37 heavy (non-hydrogen) atoms. The van der Waals surface area contributed by atoms with Gasteiger partial charge < -0.3 is 24.6 Å². The van der Waals surface area contributed by atoms with Crippen molar-refractivity contribution >= 4 is 43.6 Å². The minimum atomic E-state index is -4.47. The molecular formula is C22H25BrF3N6O4Si. The number of amides is 1. The summed E-state index contributed by atoms with van der Waals surface area (Å²) in [6.45, 7) is 3.73. The van der Waals surface area contributed by atoms with Crippen LogP contribution in [0.15, 0.2) is 27.7 Å². The van der Waals surface area contributed by atoms with Crippen molar-refractivity contribution in [1.82, 2.24) is 20.1 Å². The molecule has 0 saturated carbocycles. The molecule has 2 N–H and O–H groups in total. The lowest BCUT2D eigenvalue weighted by Gasteiger charge is -2.41. The minimum absolute atomic E-state index is 0.0320. The lowest BCUT2D eigenvalue weighted by Crippen LogP contribution is -2.56. The number of fused-ring (bicyclic) bond motifs is 3. The van der Waals surface area contributed by atoms with E-state index in [1.165, 1.54) is 6.20 Å². The summed E-state index contributed by atoms with van der Waals surface area (Å²) in [4.78, 5) is 32.2. The van der Waals surface area contributed by atoms with E-state index in [1.807, 2.05) is 11.8 Å². The Morgan fingerprint density at radius 3 is 2.92 bits per heavy atom. The first-order chi connectivity index (χ1) is 17.4. The van der Waals surface area contributed by atoms with Crippen molar-refractivity contribution in [3.8, 4) is 0 Å². The summed E-state index contributed by atoms with van der Waals surface area (Å²) in [5, 5.41) is 8.46. The molecule has 2 aliphatic heterocycles. The van der Waals surface area contributed by atoms with Crippen LogP contribution >= 0.6 is 15.9 Å². The molecule has 15 heteroatoms. The molecule has 199 valence electrons. The predicted octanol–water partition coefficient (Wildman–Crippen LogP) is 1.90. The first-order valence-corrected chi connectivity index (χ1v) is 12.8. The normalized spacial score (nSPS) is 19.5. The van der Waals surface area contributed by atoms with E-state index in [-0.39, 0.29) is 50.4 Å². The Labute approximate surface area is 222 Å². The molecule has 10 nitrogen and oxygen atoms in total. The van der Waals surface area contributed by atoms with E-state index in [1.54, 1.807) is 4.90 Å². The number of piperazine rings is 1. The highest BCUT2D eigenvalue weighted by atomic mass is 79.9. The summed E-state index contributed by atoms with van der Waals surface area (Å²) >= 11 is 3.21. The SMILES string of the molecule is C[C@]([Si])(COCCC(=O)N1CCN2c3ncc(C(F)(F)F)cc3COC[C@H]2C1)Nc1cn[nH]c(=O)c1Br. The second-order valence-corrected chi connectivity index (χ2v) is 11.0. The van der Waals surface area contributed by atoms with Crippen LogP contribution in [0.4, 0.5) is 24.7 Å². The maximum absolute atomic E-state index is 13.1. The smallest absolute Gasteiger partial charge is 0.379 e. The van der Waals surface area contributed by atoms with Crippen molar-refractivity contribution in [3.05, 3.63) is 44.4 Å². The summed E-state index contributed by atoms with van der Waals surface area (Å²) in [6.07, 6.45) is -2.01. The first-order valence-electron chi connectivity index (χ1n) is 11.5. The molecule has 2 aromatic rings. The maximum Gasteiger partial charge on any atom is 0.417 e. The molecule has 0 bridgehead atoms. The Kier molecular flexibility index (Phi) is 8.25. The van der Waals surface area contributed by atoms with E-state index >= 15 is 0 Å². The fourth-order valence-electron chi connectivity index (χ4n) is 4.23. The molecule has 4 heterocycles. The van der Waals surface area contributed by atoms with Crippen LogP contribution in [0.25, 0.3) is 0 Å². The number of carbonyl (C=O) groups is 1. The van der Waals surface area contributed by atoms with Gasteiger partial charge in [-0.15, -0.1) is 0 Å². The third-order valence-electron chi connectivity index (χ3n) is 6.00. The third kappa shape index (κ3) is 6.69. The van der Waals surface area contributed by atoms with E-state index in [0.717, 1.165) is 12.3 Å². The van der Waals surface area contributed by atoms with Crippen molar-refractivity contribution in [3.63, 3.8) is 0 Å². The number of alkyl halides is 3. The maximum atomic E-state index is 13.1. The van der Waals surface area contributed by atoms with Gasteiger partial charge in [0.25, 0.3) is 5.56 Å². The second kappa shape index (κ2) is 11.1. The van der Waals surface area contributed by atoms with Crippen LogP contribution in [0.3, 0.4) is 0 Å². The van der Waals surface area contributed by atoms with Crippen molar-refractivity contribution < 1.29 is 27.4 Å². The molecular weight excluding hydrogens is 577 g/mol. The number of halogens is 4. The van der Waals surface area contributed by atoms with Gasteiger partial charge in [-0.1, -0.05) is 0 Å². The Morgan fingerprint density at radius 1 is 1.38 bits per heavy atom. The Bertz CT molecular complexity index is 1200. The number of nitrogens with zero attached hydrogens (tertiary/aromatic N) is 4. The van der Waals surface area contributed by atoms with Crippen LogP contribution in [-0.2, 0) is 27.1 Å². The van der Waals surface area contributed by atoms with Gasteiger partial charge in [0.2, 0.25) is 5.91 Å². The van der Waals surface area contributed by atoms with Crippen LogP contribution in [0, 0.1) is 0 Å². The van der Waals surface area contributed by atoms with Gasteiger partial charge in [-0.05, 0) is 28.9 Å². The quantitative estimate of drug-likeness (QED) is 0.365. The highest BCUT2D eigenvalue weighted by molar-refractivity contribution is 9.10. The largest absolute Gasteiger partial charge is 0.417 e. The van der Waals surface area contributed by atoms with Crippen molar-refractivity contribution in [2.45, 2.75) is 37.3 Å². The number of ether oxygens (including phenoxy) is 2. The fourth-order valence-corrected chi connectivity index (χ4v) is 4.76. The number of hydrogen-bond acceptors (Lipinski definition) is 8. The number of nitrogens with one attached hydrogen (secondary N) is 2. The van der Waals surface area contributed by atoms with Gasteiger partial charge in [0.05, 0.1) is 66.6 Å². The molecule has 0 unspecified atom stereocenters. The second-order valence-electron chi connectivity index (χ2n) is 9.09. The fraction of sp³-hybridized carbons (Fsp3) is 0.545. The summed E-state index contributed by atoms with van der Waals surface area (Å²) in [5.74, 6) is 0.381. The van der Waals surface area contributed by atoms with E-state index in [0.29, 0.717) is 41.2 Å². The molecule has 1 amide bonds. The van der Waals surface area contributed by atoms with Crippen molar-refractivity contribution in [1.29, 1.82) is 0 Å². The van der Waals surface area contributed by atoms with E-state index < -0.39 is 16.9 Å². The molecule has 1 fully saturated rings. The van der Waals surface area contributed by atoms with Gasteiger partial charge in [-0.25, -0.2) is 10.1 Å². The third-order valence-corrected chi connectivity index (χ3v) is 7.06. The highest BCUT2D eigenvalue weighted by Crippen LogP contribution is 2.34. The lowest BCUT2D eigenvalue weighted by atomic mass is 10.1. The van der Waals surface area contributed by atoms with Crippen LogP contribution in [0.5, 0.6) is 0 Å². The van der Waals surface area contributed by atoms with Crippen molar-refractivity contribution in [2.75, 3.05) is 49.7 Å². The highest BCUT2D eigenvalue weighted by Gasteiger charge is 2.36. The Morgan fingerprint density at radius 2 is 2.16 bits per heavy atom. The van der Waals surface area contributed by atoms with E-state index in [2.05, 4.69) is 46.7 Å². The topological polar surface area (TPSA) is 113 Å². The molecule has 2 atom stereocenters. The number of aromatic amines is 1. The van der Waals surface area contributed by atoms with Crippen LogP contribution in [0.2, 0.25) is 0 Å². The number of pyridine rings is 1. The molecule has 0 aliphatic carbocycles. The molecule has 4 rings (SSSR count). The van der Waals surface area contributed by atoms with Gasteiger partial charge in [-0.2, -0.15) is 18.3 Å². The zero-order chi connectivity index (χ0) is 26.8. The lowest BCUT2D eigenvalue weighted by molar-refractivity contribution is -0.138. The van der Waals surface area contributed by atoms with Crippen molar-refractivity contribution in [2.24, 2.45) is 0 Å². The standard InChI is InChI=1S/C22H25BrF3N6O4Si/c1-21(37,29-16-8-28-30-20(34)18(16)23)12-35-5-2-17(33)31-3-4-32-15(9-31)11-36-10-13-6-14(22(24,25)26)7-27-19(13)32/h6-8,15H,2-5,9-12H2,1H3,(H2,29,30,34)/t15-,21+/m1/s1. The molecule has 0 spiro atoms. The van der Waals surface area contributed by atoms with Gasteiger partial charge in [0.1, 0.15) is 10.3 Å². The zero-order valence-corrected chi connectivity index (χ0v) is 22.5. The number of anilines is 2. The van der Waals surface area contributed by atoms with Crippen LogP contribution < -0.4 is 15.8 Å². The summed E-state index contributed by atoms with van der Waals surface area (Å²) in [6, 6.07) is 0.872. The number of aromatic nitrogens is 3. The van der Waals surface area contributed by atoms with Gasteiger partial charge in [-0.3, -0.25) is 9.59 Å². The summed E-state index contributed by atoms with van der Waals surface area (Å²) < 4.78 is 50.9. The van der Waals surface area contributed by atoms with Gasteiger partial charge in [0, 0.05) is 36.6 Å². The van der Waals surface area contributed by atoms with E-state index in [9.17, 15) is 22.8 Å². The summed E-state index contributed by atoms with van der Waals surface area (Å²) in [7, 11) is 3.58. The van der Waals surface area contributed by atoms with Crippen LogP contribution in [-0.4, -0.2) is 86.9 Å². The number of hydrogen-bond donors (Lipinski definition) is 2. The molecule has 1 saturated heterocycles. The monoisotopic (exact) mass is 601 g/mol. The number of carbonyl (C=O) groups excluding carboxylic acids is 1. The zero-order valence-electron chi connectivity index (χ0n) is 19.9. The minimum Gasteiger partial charge on any atom is -0.379 e.